The van der Waals surface area contributed by atoms with E-state index in [1.165, 1.54) is 10.5 Å². The molecule has 2 aromatic rings. The molecule has 192 valence electrons. The molecule has 5 rings (SSSR count). The maximum Gasteiger partial charge on any atom is 0.455 e. The van der Waals surface area contributed by atoms with E-state index in [1.54, 1.807) is 12.1 Å². The minimum atomic E-state index is -0.967. The molecule has 2 aliphatic heterocycles. The van der Waals surface area contributed by atoms with Gasteiger partial charge in [0.1, 0.15) is 5.75 Å². The Kier molecular flexibility index (Phi) is 6.86. The number of fused-ring (bicyclic) bond motifs is 3. The fourth-order valence-corrected chi connectivity index (χ4v) is 6.54. The van der Waals surface area contributed by atoms with Gasteiger partial charge in [-0.15, -0.1) is 0 Å². The largest absolute Gasteiger partial charge is 0.507 e. The van der Waals surface area contributed by atoms with Crippen LogP contribution >= 0.6 is 0 Å². The van der Waals surface area contributed by atoms with Crippen molar-refractivity contribution >= 4 is 30.7 Å². The number of carbonyl (C=O) groups excluding carboxylic acids is 2. The van der Waals surface area contributed by atoms with Gasteiger partial charge in [-0.05, 0) is 106 Å². The lowest BCUT2D eigenvalue weighted by Gasteiger charge is -2.42. The van der Waals surface area contributed by atoms with Crippen LogP contribution in [-0.4, -0.2) is 35.2 Å². The molecule has 2 saturated heterocycles. The lowest BCUT2D eigenvalue weighted by Crippen LogP contribution is -2.46. The lowest BCUT2D eigenvalue weighted by molar-refractivity contribution is -0.122. The Morgan fingerprint density at radius 1 is 1.08 bits per heavy atom. The van der Waals surface area contributed by atoms with E-state index in [0.29, 0.717) is 30.6 Å². The van der Waals surface area contributed by atoms with Crippen LogP contribution in [0.3, 0.4) is 0 Å². The Balaban J connectivity index is 1.37. The number of phenols is 1. The zero-order chi connectivity index (χ0) is 26.4. The van der Waals surface area contributed by atoms with Crippen LogP contribution in [-0.2, 0) is 14.2 Å². The Bertz CT molecular complexity index is 1280. The summed E-state index contributed by atoms with van der Waals surface area (Å²) in [5.74, 6) is -1.05. The molecular weight excluding hydrogens is 465 g/mol. The number of phenolic OH excluding ortho intramolecular Hbond substituents is 1. The number of benzene rings is 2. The molecule has 4 atom stereocenters. The second-order valence-electron chi connectivity index (χ2n) is 10.9. The third kappa shape index (κ3) is 4.67. The molecule has 0 radical (unpaired) electrons. The summed E-state index contributed by atoms with van der Waals surface area (Å²) in [6.07, 6.45) is 4.13. The zero-order valence-electron chi connectivity index (χ0n) is 21.9. The molecule has 0 saturated carbocycles. The predicted octanol–water partition coefficient (Wildman–Crippen LogP) is 5.21. The van der Waals surface area contributed by atoms with Gasteiger partial charge in [0, 0.05) is 0 Å². The molecule has 2 amide bonds. The van der Waals surface area contributed by atoms with Gasteiger partial charge in [-0.1, -0.05) is 35.4 Å². The first-order valence-corrected chi connectivity index (χ1v) is 13.1. The highest BCUT2D eigenvalue weighted by Crippen LogP contribution is 2.51. The molecular formula is C30H34BNO5. The number of para-hydroxylation sites is 1. The number of imide groups is 1. The summed E-state index contributed by atoms with van der Waals surface area (Å²) in [4.78, 5) is 28.3. The van der Waals surface area contributed by atoms with E-state index >= 15 is 0 Å². The fourth-order valence-electron chi connectivity index (χ4n) is 6.54. The molecule has 1 aliphatic carbocycles. The van der Waals surface area contributed by atoms with Gasteiger partial charge in [-0.3, -0.25) is 14.5 Å². The number of rotatable bonds is 5. The maximum absolute atomic E-state index is 13.6. The SMILES string of the molecule is CC1=C2[C@@H](CC/C(C)=C/c3cc(C)c(O)c(C)c3)OB(O)C[C@@H]2[C@@H]2C(=O)N(c3ccccc3)C(=O)[C@@H]2C1. The quantitative estimate of drug-likeness (QED) is 0.335. The smallest absolute Gasteiger partial charge is 0.455 e. The first-order chi connectivity index (χ1) is 17.7. The van der Waals surface area contributed by atoms with Gasteiger partial charge >= 0.3 is 7.12 Å². The van der Waals surface area contributed by atoms with E-state index in [1.807, 2.05) is 51.1 Å². The first kappa shape index (κ1) is 25.5. The minimum absolute atomic E-state index is 0.143. The zero-order valence-corrected chi connectivity index (χ0v) is 21.9. The second-order valence-corrected chi connectivity index (χ2v) is 10.9. The van der Waals surface area contributed by atoms with Gasteiger partial charge in [0.25, 0.3) is 0 Å². The fraction of sp³-hybridized carbons (Fsp3) is 0.400. The van der Waals surface area contributed by atoms with Crippen LogP contribution in [0, 0.1) is 31.6 Å². The van der Waals surface area contributed by atoms with Crippen LogP contribution < -0.4 is 4.90 Å². The highest BCUT2D eigenvalue weighted by atomic mass is 16.5. The molecule has 3 aliphatic rings. The summed E-state index contributed by atoms with van der Waals surface area (Å²) in [5.41, 5.74) is 6.70. The van der Waals surface area contributed by atoms with Crippen molar-refractivity contribution in [2.45, 2.75) is 59.4 Å². The Morgan fingerprint density at radius 3 is 2.43 bits per heavy atom. The highest BCUT2D eigenvalue weighted by molar-refractivity contribution is 6.43. The van der Waals surface area contributed by atoms with E-state index in [-0.39, 0.29) is 23.8 Å². The monoisotopic (exact) mass is 499 g/mol. The molecule has 2 fully saturated rings. The molecule has 2 heterocycles. The number of hydrogen-bond acceptors (Lipinski definition) is 5. The molecule has 0 unspecified atom stereocenters. The summed E-state index contributed by atoms with van der Waals surface area (Å²) < 4.78 is 6.03. The average Bonchev–Trinajstić information content (AvgIpc) is 3.10. The minimum Gasteiger partial charge on any atom is -0.507 e. The van der Waals surface area contributed by atoms with Crippen LogP contribution in [0.5, 0.6) is 5.75 Å². The first-order valence-electron chi connectivity index (χ1n) is 13.1. The van der Waals surface area contributed by atoms with Crippen molar-refractivity contribution in [3.05, 3.63) is 75.9 Å². The van der Waals surface area contributed by atoms with Gasteiger partial charge < -0.3 is 14.8 Å². The van der Waals surface area contributed by atoms with Gasteiger partial charge in [-0.25, -0.2) is 0 Å². The van der Waals surface area contributed by atoms with E-state index < -0.39 is 19.0 Å². The van der Waals surface area contributed by atoms with Crippen molar-refractivity contribution in [2.24, 2.45) is 17.8 Å². The standard InChI is InChI=1S/C30H34BNO5/c1-17(12-21-13-19(3)28(33)20(4)14-21)10-11-25-26-18(2)15-23-27(24(26)16-31(36)37-25)30(35)32(29(23)34)22-8-6-5-7-9-22/h5-9,12-14,23-25,27,33,36H,10-11,15-16H2,1-4H3/b17-12+/t23-,24+,25-,27-/m1/s1. The van der Waals surface area contributed by atoms with Crippen molar-refractivity contribution < 1.29 is 24.4 Å². The van der Waals surface area contributed by atoms with Crippen molar-refractivity contribution in [3.8, 4) is 5.75 Å². The number of carbonyl (C=O) groups is 2. The molecule has 37 heavy (non-hydrogen) atoms. The van der Waals surface area contributed by atoms with Gasteiger partial charge in [0.15, 0.2) is 0 Å². The average molecular weight is 499 g/mol. The molecule has 2 aromatic carbocycles. The maximum atomic E-state index is 13.6. The third-order valence-corrected chi connectivity index (χ3v) is 8.19. The van der Waals surface area contributed by atoms with Crippen LogP contribution in [0.25, 0.3) is 6.08 Å². The number of aryl methyl sites for hydroxylation is 2. The van der Waals surface area contributed by atoms with Crippen LogP contribution in [0.15, 0.2) is 59.2 Å². The molecule has 7 heteroatoms. The van der Waals surface area contributed by atoms with Gasteiger partial charge in [0.2, 0.25) is 11.8 Å². The lowest BCUT2D eigenvalue weighted by atomic mass is 9.59. The molecule has 0 aromatic heterocycles. The van der Waals surface area contributed by atoms with Crippen LogP contribution in [0.2, 0.25) is 6.32 Å². The molecule has 2 N–H and O–H groups in total. The summed E-state index contributed by atoms with van der Waals surface area (Å²) in [6.45, 7) is 7.90. The normalized spacial score (nSPS) is 26.0. The third-order valence-electron chi connectivity index (χ3n) is 8.19. The predicted molar refractivity (Wildman–Crippen MR) is 145 cm³/mol. The molecule has 6 nitrogen and oxygen atoms in total. The van der Waals surface area contributed by atoms with Crippen molar-refractivity contribution in [1.29, 1.82) is 0 Å². The highest BCUT2D eigenvalue weighted by Gasteiger charge is 2.57. The van der Waals surface area contributed by atoms with E-state index in [4.69, 9.17) is 4.65 Å². The Labute approximate surface area is 218 Å². The summed E-state index contributed by atoms with van der Waals surface area (Å²) in [5, 5.41) is 20.7. The summed E-state index contributed by atoms with van der Waals surface area (Å²) in [6, 6.07) is 13.1. The number of anilines is 1. The second kappa shape index (κ2) is 9.95. The van der Waals surface area contributed by atoms with Crippen molar-refractivity contribution in [1.82, 2.24) is 0 Å². The van der Waals surface area contributed by atoms with Gasteiger partial charge in [-0.2, -0.15) is 0 Å². The van der Waals surface area contributed by atoms with E-state index in [9.17, 15) is 19.7 Å². The Morgan fingerprint density at radius 2 is 1.76 bits per heavy atom. The number of amides is 2. The van der Waals surface area contributed by atoms with Crippen molar-refractivity contribution in [2.75, 3.05) is 4.90 Å². The number of aromatic hydroxyl groups is 1. The topological polar surface area (TPSA) is 87.1 Å². The number of allylic oxidation sites excluding steroid dienone is 2. The van der Waals surface area contributed by atoms with E-state index in [0.717, 1.165) is 34.3 Å². The summed E-state index contributed by atoms with van der Waals surface area (Å²) >= 11 is 0. The number of nitrogens with zero attached hydrogens (tertiary/aromatic N) is 1. The van der Waals surface area contributed by atoms with Gasteiger partial charge in [0.05, 0.1) is 23.6 Å². The van der Waals surface area contributed by atoms with Crippen LogP contribution in [0.1, 0.15) is 49.8 Å². The van der Waals surface area contributed by atoms with Crippen LogP contribution in [0.4, 0.5) is 5.69 Å². The Hall–Kier alpha value is -3.16. The number of hydrogen-bond donors (Lipinski definition) is 2. The molecule has 0 spiro atoms. The van der Waals surface area contributed by atoms with E-state index in [2.05, 4.69) is 13.0 Å². The van der Waals surface area contributed by atoms with Crippen molar-refractivity contribution in [3.63, 3.8) is 0 Å². The summed E-state index contributed by atoms with van der Waals surface area (Å²) in [7, 11) is -0.967. The molecule has 0 bridgehead atoms.